The molecule has 3 heterocycles. The Morgan fingerprint density at radius 3 is 2.72 bits per heavy atom. The zero-order valence-electron chi connectivity index (χ0n) is 15.6. The van der Waals surface area contributed by atoms with Crippen molar-refractivity contribution in [3.05, 3.63) is 35.8 Å². The lowest BCUT2D eigenvalue weighted by Crippen LogP contribution is -2.44. The first-order valence-electron chi connectivity index (χ1n) is 9.22. The highest BCUT2D eigenvalue weighted by Gasteiger charge is 2.24. The molecular weight excluding hydrogens is 314 g/mol. The van der Waals surface area contributed by atoms with Gasteiger partial charge in [-0.2, -0.15) is 0 Å². The van der Waals surface area contributed by atoms with Crippen molar-refractivity contribution in [2.45, 2.75) is 26.3 Å². The van der Waals surface area contributed by atoms with Crippen molar-refractivity contribution in [3.8, 4) is 0 Å². The summed E-state index contributed by atoms with van der Waals surface area (Å²) in [5.41, 5.74) is 2.45. The van der Waals surface area contributed by atoms with Crippen LogP contribution in [0.2, 0.25) is 0 Å². The quantitative estimate of drug-likeness (QED) is 0.804. The molecule has 2 aromatic heterocycles. The summed E-state index contributed by atoms with van der Waals surface area (Å²) < 4.78 is 2.07. The van der Waals surface area contributed by atoms with Gasteiger partial charge < -0.3 is 14.2 Å². The van der Waals surface area contributed by atoms with Gasteiger partial charge in [0, 0.05) is 52.5 Å². The van der Waals surface area contributed by atoms with Gasteiger partial charge in [-0.1, -0.05) is 19.4 Å². The Hall–Kier alpha value is -1.92. The molecule has 1 amide bonds. The maximum absolute atomic E-state index is 13.0. The Balaban J connectivity index is 1.88. The minimum Gasteiger partial charge on any atom is -0.340 e. The van der Waals surface area contributed by atoms with Crippen molar-refractivity contribution >= 4 is 11.6 Å². The molecule has 0 bridgehead atoms. The SMILES string of the molecule is CCCCN(C)C(=O)c1nc2ccccn2c1CN1CCN(C)CC1. The fourth-order valence-corrected chi connectivity index (χ4v) is 3.26. The number of likely N-dealkylation sites (N-methyl/N-ethyl adjacent to an activating group) is 1. The number of rotatable bonds is 6. The summed E-state index contributed by atoms with van der Waals surface area (Å²) in [7, 11) is 4.03. The van der Waals surface area contributed by atoms with E-state index in [1.165, 1.54) is 0 Å². The van der Waals surface area contributed by atoms with E-state index in [1.807, 2.05) is 31.4 Å². The molecule has 0 aliphatic carbocycles. The van der Waals surface area contributed by atoms with Crippen molar-refractivity contribution < 1.29 is 4.79 Å². The second-order valence-corrected chi connectivity index (χ2v) is 7.00. The van der Waals surface area contributed by atoms with Crippen LogP contribution in [0.25, 0.3) is 5.65 Å². The number of fused-ring (bicyclic) bond motifs is 1. The predicted octanol–water partition coefficient (Wildman–Crippen LogP) is 1.95. The summed E-state index contributed by atoms with van der Waals surface area (Å²) in [6.07, 6.45) is 4.11. The first-order valence-corrected chi connectivity index (χ1v) is 9.22. The van der Waals surface area contributed by atoms with Crippen molar-refractivity contribution in [1.82, 2.24) is 24.1 Å². The van der Waals surface area contributed by atoms with Crippen LogP contribution in [-0.4, -0.2) is 76.8 Å². The van der Waals surface area contributed by atoms with E-state index in [4.69, 9.17) is 0 Å². The summed E-state index contributed by atoms with van der Waals surface area (Å²) in [5, 5.41) is 0. The predicted molar refractivity (Wildman–Crippen MR) is 99.8 cm³/mol. The second kappa shape index (κ2) is 7.97. The number of pyridine rings is 1. The molecule has 0 unspecified atom stereocenters. The molecule has 1 aliphatic heterocycles. The van der Waals surface area contributed by atoms with E-state index in [1.54, 1.807) is 4.90 Å². The maximum atomic E-state index is 13.0. The smallest absolute Gasteiger partial charge is 0.274 e. The number of carbonyl (C=O) groups excluding carboxylic acids is 1. The number of hydrogen-bond donors (Lipinski definition) is 0. The number of carbonyl (C=O) groups is 1. The van der Waals surface area contributed by atoms with Crippen molar-refractivity contribution in [2.24, 2.45) is 0 Å². The minimum absolute atomic E-state index is 0.0290. The van der Waals surface area contributed by atoms with Crippen LogP contribution in [0, 0.1) is 0 Å². The van der Waals surface area contributed by atoms with Gasteiger partial charge in [0.2, 0.25) is 0 Å². The van der Waals surface area contributed by atoms with E-state index >= 15 is 0 Å². The average Bonchev–Trinajstić information content (AvgIpc) is 2.99. The van der Waals surface area contributed by atoms with Gasteiger partial charge in [0.1, 0.15) is 5.65 Å². The van der Waals surface area contributed by atoms with Gasteiger partial charge in [-0.3, -0.25) is 9.69 Å². The molecule has 0 atom stereocenters. The van der Waals surface area contributed by atoms with E-state index in [0.29, 0.717) is 5.69 Å². The normalized spacial score (nSPS) is 16.4. The van der Waals surface area contributed by atoms with E-state index in [-0.39, 0.29) is 5.91 Å². The van der Waals surface area contributed by atoms with Crippen molar-refractivity contribution in [3.63, 3.8) is 0 Å². The molecule has 0 spiro atoms. The summed E-state index contributed by atoms with van der Waals surface area (Å²) in [5.74, 6) is 0.0290. The summed E-state index contributed by atoms with van der Waals surface area (Å²) in [6, 6.07) is 5.94. The molecule has 1 aliphatic rings. The van der Waals surface area contributed by atoms with Crippen LogP contribution in [0.3, 0.4) is 0 Å². The van der Waals surface area contributed by atoms with Crippen molar-refractivity contribution in [2.75, 3.05) is 46.8 Å². The zero-order valence-corrected chi connectivity index (χ0v) is 15.6. The first kappa shape index (κ1) is 17.9. The van der Waals surface area contributed by atoms with Gasteiger partial charge in [-0.05, 0) is 25.6 Å². The first-order chi connectivity index (χ1) is 12.1. The highest BCUT2D eigenvalue weighted by Crippen LogP contribution is 2.18. The van der Waals surface area contributed by atoms with Crippen LogP contribution >= 0.6 is 0 Å². The van der Waals surface area contributed by atoms with Crippen LogP contribution in [0.4, 0.5) is 0 Å². The van der Waals surface area contributed by atoms with E-state index < -0.39 is 0 Å². The third-order valence-electron chi connectivity index (χ3n) is 4.99. The van der Waals surface area contributed by atoms with Gasteiger partial charge in [-0.25, -0.2) is 4.98 Å². The summed E-state index contributed by atoms with van der Waals surface area (Å²) in [4.78, 5) is 24.2. The number of imidazole rings is 1. The van der Waals surface area contributed by atoms with Crippen LogP contribution < -0.4 is 0 Å². The number of amides is 1. The molecule has 25 heavy (non-hydrogen) atoms. The molecule has 6 nitrogen and oxygen atoms in total. The molecule has 0 radical (unpaired) electrons. The van der Waals surface area contributed by atoms with Gasteiger partial charge in [0.25, 0.3) is 5.91 Å². The Morgan fingerprint density at radius 1 is 1.24 bits per heavy atom. The van der Waals surface area contributed by atoms with E-state index in [2.05, 4.69) is 33.2 Å². The summed E-state index contributed by atoms with van der Waals surface area (Å²) in [6.45, 7) is 7.86. The van der Waals surface area contributed by atoms with Gasteiger partial charge in [-0.15, -0.1) is 0 Å². The fraction of sp³-hybridized carbons (Fsp3) is 0.579. The monoisotopic (exact) mass is 343 g/mol. The number of aromatic nitrogens is 2. The molecule has 0 N–H and O–H groups in total. The molecule has 1 fully saturated rings. The minimum atomic E-state index is 0.0290. The lowest BCUT2D eigenvalue weighted by Gasteiger charge is -2.32. The molecule has 2 aromatic rings. The molecule has 0 saturated carbocycles. The second-order valence-electron chi connectivity index (χ2n) is 7.00. The highest BCUT2D eigenvalue weighted by molar-refractivity contribution is 5.94. The van der Waals surface area contributed by atoms with Gasteiger partial charge >= 0.3 is 0 Å². The van der Waals surface area contributed by atoms with Crippen LogP contribution in [-0.2, 0) is 6.54 Å². The van der Waals surface area contributed by atoms with E-state index in [9.17, 15) is 4.79 Å². The average molecular weight is 343 g/mol. The number of nitrogens with zero attached hydrogens (tertiary/aromatic N) is 5. The summed E-state index contributed by atoms with van der Waals surface area (Å²) >= 11 is 0. The Labute approximate surface area is 150 Å². The fourth-order valence-electron chi connectivity index (χ4n) is 3.26. The van der Waals surface area contributed by atoms with Gasteiger partial charge in [0.15, 0.2) is 5.69 Å². The lowest BCUT2D eigenvalue weighted by molar-refractivity contribution is 0.0784. The molecule has 1 saturated heterocycles. The lowest BCUT2D eigenvalue weighted by atomic mass is 10.2. The molecule has 136 valence electrons. The van der Waals surface area contributed by atoms with Gasteiger partial charge in [0.05, 0.1) is 5.69 Å². The highest BCUT2D eigenvalue weighted by atomic mass is 16.2. The largest absolute Gasteiger partial charge is 0.340 e. The van der Waals surface area contributed by atoms with Crippen LogP contribution in [0.5, 0.6) is 0 Å². The Kier molecular flexibility index (Phi) is 5.71. The maximum Gasteiger partial charge on any atom is 0.274 e. The van der Waals surface area contributed by atoms with Crippen LogP contribution in [0.15, 0.2) is 24.4 Å². The molecular formula is C19H29N5O. The number of hydrogen-bond acceptors (Lipinski definition) is 4. The number of unbranched alkanes of at least 4 members (excludes halogenated alkanes) is 1. The topological polar surface area (TPSA) is 44.1 Å². The third-order valence-corrected chi connectivity index (χ3v) is 4.99. The standard InChI is InChI=1S/C19H29N5O/c1-4-5-9-22(3)19(25)18-16(15-23-13-11-21(2)12-14-23)24-10-7-6-8-17(24)20-18/h6-8,10H,4-5,9,11-15H2,1-3H3. The molecule has 0 aromatic carbocycles. The molecule has 6 heteroatoms. The van der Waals surface area contributed by atoms with E-state index in [0.717, 1.165) is 63.5 Å². The Bertz CT molecular complexity index is 718. The zero-order chi connectivity index (χ0) is 17.8. The third kappa shape index (κ3) is 4.02. The molecule has 3 rings (SSSR count). The Morgan fingerprint density at radius 2 is 2.00 bits per heavy atom. The van der Waals surface area contributed by atoms with Crippen molar-refractivity contribution in [1.29, 1.82) is 0 Å². The van der Waals surface area contributed by atoms with Crippen LogP contribution in [0.1, 0.15) is 35.9 Å². The number of piperazine rings is 1.